The van der Waals surface area contributed by atoms with Gasteiger partial charge in [-0.05, 0) is 24.6 Å². The van der Waals surface area contributed by atoms with Crippen molar-refractivity contribution in [2.75, 3.05) is 5.32 Å². The van der Waals surface area contributed by atoms with Crippen molar-refractivity contribution < 1.29 is 14.5 Å². The molecule has 1 atom stereocenters. The molecule has 0 aliphatic carbocycles. The number of urea groups is 1. The number of carbonyl (C=O) groups is 2. The summed E-state index contributed by atoms with van der Waals surface area (Å²) in [6, 6.07) is 13.5. The molecule has 1 aliphatic rings. The number of allylic oxidation sites excluding steroid dienone is 1. The van der Waals surface area contributed by atoms with Crippen LogP contribution in [0.5, 0.6) is 0 Å². The third kappa shape index (κ3) is 3.54. The van der Waals surface area contributed by atoms with Gasteiger partial charge in [-0.15, -0.1) is 0 Å². The summed E-state index contributed by atoms with van der Waals surface area (Å²) in [6.45, 7) is 1.61. The molecule has 0 unspecified atom stereocenters. The Morgan fingerprint density at radius 1 is 1.15 bits per heavy atom. The molecule has 0 saturated carbocycles. The maximum atomic E-state index is 12.8. The van der Waals surface area contributed by atoms with Gasteiger partial charge >= 0.3 is 6.03 Å². The highest BCUT2D eigenvalue weighted by Gasteiger charge is 2.31. The fraction of sp³-hybridized carbons (Fsp3) is 0.111. The molecule has 2 aromatic rings. The molecule has 0 aromatic heterocycles. The molecule has 1 aliphatic heterocycles. The molecule has 0 radical (unpaired) electrons. The number of para-hydroxylation sites is 1. The number of amides is 3. The summed E-state index contributed by atoms with van der Waals surface area (Å²) in [6.07, 6.45) is 0. The van der Waals surface area contributed by atoms with E-state index in [0.29, 0.717) is 16.9 Å². The molecule has 0 spiro atoms. The summed E-state index contributed by atoms with van der Waals surface area (Å²) in [5, 5.41) is 19.0. The first-order chi connectivity index (χ1) is 12.5. The number of anilines is 1. The van der Waals surface area contributed by atoms with Crippen LogP contribution in [0.4, 0.5) is 16.2 Å². The monoisotopic (exact) mass is 352 g/mol. The number of nitrogens with one attached hydrogen (secondary N) is 3. The van der Waals surface area contributed by atoms with Gasteiger partial charge in [0, 0.05) is 23.5 Å². The smallest absolute Gasteiger partial charge is 0.319 e. The quantitative estimate of drug-likeness (QED) is 0.580. The van der Waals surface area contributed by atoms with E-state index in [-0.39, 0.29) is 11.3 Å². The van der Waals surface area contributed by atoms with Gasteiger partial charge in [0.1, 0.15) is 0 Å². The van der Waals surface area contributed by atoms with Crippen molar-refractivity contribution in [2.45, 2.75) is 13.0 Å². The zero-order valence-electron chi connectivity index (χ0n) is 13.9. The Bertz CT molecular complexity index is 908. The van der Waals surface area contributed by atoms with Crippen molar-refractivity contribution in [3.05, 3.63) is 81.5 Å². The molecule has 3 N–H and O–H groups in total. The SMILES string of the molecule is CC1=C(C(=O)Nc2ccccc2)[C@@H](c2cccc([N+](=O)[O-])c2)NC(=O)N1. The summed E-state index contributed by atoms with van der Waals surface area (Å²) in [7, 11) is 0. The first-order valence-electron chi connectivity index (χ1n) is 7.85. The van der Waals surface area contributed by atoms with Gasteiger partial charge in [0.15, 0.2) is 0 Å². The van der Waals surface area contributed by atoms with Crippen LogP contribution in [0.1, 0.15) is 18.5 Å². The number of rotatable bonds is 4. The lowest BCUT2D eigenvalue weighted by Crippen LogP contribution is -2.45. The first kappa shape index (κ1) is 17.2. The molecule has 2 aromatic carbocycles. The minimum atomic E-state index is -0.799. The van der Waals surface area contributed by atoms with Crippen molar-refractivity contribution in [2.24, 2.45) is 0 Å². The van der Waals surface area contributed by atoms with E-state index in [1.807, 2.05) is 6.07 Å². The molecule has 0 bridgehead atoms. The molecular weight excluding hydrogens is 336 g/mol. The topological polar surface area (TPSA) is 113 Å². The number of benzene rings is 2. The molecule has 0 fully saturated rings. The van der Waals surface area contributed by atoms with Crippen LogP contribution in [0.25, 0.3) is 0 Å². The molecule has 8 nitrogen and oxygen atoms in total. The summed E-state index contributed by atoms with van der Waals surface area (Å²) < 4.78 is 0. The third-order valence-corrected chi connectivity index (χ3v) is 3.96. The normalized spacial score (nSPS) is 16.5. The summed E-state index contributed by atoms with van der Waals surface area (Å²) in [5.41, 5.74) is 1.61. The molecule has 3 rings (SSSR count). The van der Waals surface area contributed by atoms with Gasteiger partial charge in [-0.3, -0.25) is 14.9 Å². The second-order valence-corrected chi connectivity index (χ2v) is 5.74. The van der Waals surface area contributed by atoms with Crippen molar-refractivity contribution >= 4 is 23.3 Å². The maximum absolute atomic E-state index is 12.8. The number of nitro groups is 1. The lowest BCUT2D eigenvalue weighted by atomic mass is 9.94. The van der Waals surface area contributed by atoms with Crippen LogP contribution in [0, 0.1) is 10.1 Å². The summed E-state index contributed by atoms with van der Waals surface area (Å²) in [5.74, 6) is -0.405. The van der Waals surface area contributed by atoms with Gasteiger partial charge in [-0.2, -0.15) is 0 Å². The van der Waals surface area contributed by atoms with E-state index < -0.39 is 22.9 Å². The molecule has 132 valence electrons. The van der Waals surface area contributed by atoms with Gasteiger partial charge in [0.05, 0.1) is 16.5 Å². The highest BCUT2D eigenvalue weighted by molar-refractivity contribution is 6.06. The van der Waals surface area contributed by atoms with Gasteiger partial charge in [-0.1, -0.05) is 30.3 Å². The van der Waals surface area contributed by atoms with Crippen molar-refractivity contribution in [3.8, 4) is 0 Å². The van der Waals surface area contributed by atoms with Crippen LogP contribution in [0.15, 0.2) is 65.9 Å². The fourth-order valence-corrected chi connectivity index (χ4v) is 2.78. The van der Waals surface area contributed by atoms with E-state index in [2.05, 4.69) is 16.0 Å². The van der Waals surface area contributed by atoms with Gasteiger partial charge in [-0.25, -0.2) is 4.79 Å². The summed E-state index contributed by atoms with van der Waals surface area (Å²) >= 11 is 0. The Kier molecular flexibility index (Phi) is 4.66. The van der Waals surface area contributed by atoms with Gasteiger partial charge < -0.3 is 16.0 Å². The second-order valence-electron chi connectivity index (χ2n) is 5.74. The molecule has 1 heterocycles. The molecule has 0 saturated heterocycles. The van der Waals surface area contributed by atoms with Crippen LogP contribution >= 0.6 is 0 Å². The Morgan fingerprint density at radius 3 is 2.58 bits per heavy atom. The number of nitro benzene ring substituents is 1. The standard InChI is InChI=1S/C18H16N4O4/c1-11-15(17(23)20-13-7-3-2-4-8-13)16(21-18(24)19-11)12-6-5-9-14(10-12)22(25)26/h2-10,16H,1H3,(H,20,23)(H2,19,21,24)/t16-/m1/s1. The van der Waals surface area contributed by atoms with Crippen LogP contribution < -0.4 is 16.0 Å². The molecule has 3 amide bonds. The van der Waals surface area contributed by atoms with Gasteiger partial charge in [0.25, 0.3) is 11.6 Å². The number of nitrogens with zero attached hydrogens (tertiary/aromatic N) is 1. The number of carbonyl (C=O) groups excluding carboxylic acids is 2. The highest BCUT2D eigenvalue weighted by Crippen LogP contribution is 2.29. The van der Waals surface area contributed by atoms with E-state index in [9.17, 15) is 19.7 Å². The van der Waals surface area contributed by atoms with Crippen LogP contribution in [0.3, 0.4) is 0 Å². The zero-order chi connectivity index (χ0) is 18.7. The van der Waals surface area contributed by atoms with Crippen LogP contribution in [-0.4, -0.2) is 16.9 Å². The van der Waals surface area contributed by atoms with Crippen LogP contribution in [0.2, 0.25) is 0 Å². The lowest BCUT2D eigenvalue weighted by Gasteiger charge is -2.28. The number of non-ortho nitro benzene ring substituents is 1. The second kappa shape index (κ2) is 7.06. The Labute approximate surface area is 149 Å². The summed E-state index contributed by atoms with van der Waals surface area (Å²) in [4.78, 5) is 35.2. The Balaban J connectivity index is 1.98. The lowest BCUT2D eigenvalue weighted by molar-refractivity contribution is -0.384. The van der Waals surface area contributed by atoms with E-state index in [1.54, 1.807) is 37.3 Å². The average Bonchev–Trinajstić information content (AvgIpc) is 2.61. The highest BCUT2D eigenvalue weighted by atomic mass is 16.6. The molecule has 26 heavy (non-hydrogen) atoms. The van der Waals surface area contributed by atoms with Gasteiger partial charge in [0.2, 0.25) is 0 Å². The van der Waals surface area contributed by atoms with E-state index in [4.69, 9.17) is 0 Å². The van der Waals surface area contributed by atoms with Crippen LogP contribution in [-0.2, 0) is 4.79 Å². The predicted octanol–water partition coefficient (Wildman–Crippen LogP) is 2.86. The average molecular weight is 352 g/mol. The van der Waals surface area contributed by atoms with Crippen molar-refractivity contribution in [3.63, 3.8) is 0 Å². The van der Waals surface area contributed by atoms with Crippen molar-refractivity contribution in [1.29, 1.82) is 0 Å². The largest absolute Gasteiger partial charge is 0.327 e. The zero-order valence-corrected chi connectivity index (χ0v) is 13.9. The molecular formula is C18H16N4O4. The minimum absolute atomic E-state index is 0.115. The maximum Gasteiger partial charge on any atom is 0.319 e. The Morgan fingerprint density at radius 2 is 1.88 bits per heavy atom. The number of hydrogen-bond acceptors (Lipinski definition) is 4. The predicted molar refractivity (Wildman–Crippen MR) is 95.3 cm³/mol. The Hall–Kier alpha value is -3.68. The van der Waals surface area contributed by atoms with E-state index >= 15 is 0 Å². The molecule has 8 heteroatoms. The van der Waals surface area contributed by atoms with Crippen molar-refractivity contribution in [1.82, 2.24) is 10.6 Å². The number of hydrogen-bond donors (Lipinski definition) is 3. The minimum Gasteiger partial charge on any atom is -0.327 e. The third-order valence-electron chi connectivity index (χ3n) is 3.96. The van der Waals surface area contributed by atoms with E-state index in [1.165, 1.54) is 18.2 Å². The fourth-order valence-electron chi connectivity index (χ4n) is 2.78. The first-order valence-corrected chi connectivity index (χ1v) is 7.85. The van der Waals surface area contributed by atoms with E-state index in [0.717, 1.165) is 0 Å².